The van der Waals surface area contributed by atoms with Gasteiger partial charge in [-0.05, 0) is 26.0 Å². The summed E-state index contributed by atoms with van der Waals surface area (Å²) in [6.07, 6.45) is -3.31. The van der Waals surface area contributed by atoms with Crippen LogP contribution in [0.4, 0.5) is 18.9 Å². The lowest BCUT2D eigenvalue weighted by atomic mass is 9.98. The normalized spacial score (nSPS) is 16.2. The Morgan fingerprint density at radius 2 is 2.10 bits per heavy atom. The molecular weight excluding hydrogens is 271 g/mol. The molecule has 0 atom stereocenters. The lowest BCUT2D eigenvalue weighted by Gasteiger charge is -2.40. The predicted molar refractivity (Wildman–Crippen MR) is 68.2 cm³/mol. The first-order valence-corrected chi connectivity index (χ1v) is 6.36. The minimum absolute atomic E-state index is 0.0543. The summed E-state index contributed by atoms with van der Waals surface area (Å²) in [5.41, 5.74) is -0.467. The average molecular weight is 287 g/mol. The van der Waals surface area contributed by atoms with Crippen molar-refractivity contribution in [3.8, 4) is 0 Å². The van der Waals surface area contributed by atoms with Gasteiger partial charge in [-0.25, -0.2) is 0 Å². The lowest BCUT2D eigenvalue weighted by molar-refractivity contribution is -0.141. The van der Waals surface area contributed by atoms with Crippen molar-refractivity contribution >= 4 is 11.6 Å². The highest BCUT2D eigenvalue weighted by molar-refractivity contribution is 5.82. The Labute approximate surface area is 115 Å². The smallest absolute Gasteiger partial charge is 0.370 e. The molecule has 20 heavy (non-hydrogen) atoms. The highest BCUT2D eigenvalue weighted by Crippen LogP contribution is 2.31. The molecule has 2 heterocycles. The number of hydrogen-bond acceptors (Lipinski definition) is 3. The van der Waals surface area contributed by atoms with Crippen LogP contribution in [-0.2, 0) is 11.0 Å². The van der Waals surface area contributed by atoms with Crippen LogP contribution in [0.25, 0.3) is 0 Å². The zero-order valence-corrected chi connectivity index (χ0v) is 11.2. The quantitative estimate of drug-likeness (QED) is 0.925. The van der Waals surface area contributed by atoms with Crippen LogP contribution in [-0.4, -0.2) is 30.0 Å². The fraction of sp³-hybridized carbons (Fsp3) is 0.538. The van der Waals surface area contributed by atoms with E-state index in [1.165, 1.54) is 6.07 Å². The van der Waals surface area contributed by atoms with E-state index >= 15 is 0 Å². The molecule has 4 nitrogen and oxygen atoms in total. The second-order valence-electron chi connectivity index (χ2n) is 5.16. The number of aromatic nitrogens is 1. The van der Waals surface area contributed by atoms with Crippen LogP contribution in [0.2, 0.25) is 0 Å². The van der Waals surface area contributed by atoms with Crippen LogP contribution < -0.4 is 10.2 Å². The summed E-state index contributed by atoms with van der Waals surface area (Å²) in [6, 6.07) is 2.59. The van der Waals surface area contributed by atoms with E-state index in [1.54, 1.807) is 4.90 Å². The first kappa shape index (κ1) is 14.6. The number of anilines is 1. The second-order valence-corrected chi connectivity index (χ2v) is 5.16. The maximum absolute atomic E-state index is 12.6. The predicted octanol–water partition coefficient (Wildman–Crippen LogP) is 2.06. The molecule has 1 aliphatic heterocycles. The fourth-order valence-corrected chi connectivity index (χ4v) is 2.03. The van der Waals surface area contributed by atoms with E-state index in [9.17, 15) is 18.0 Å². The summed E-state index contributed by atoms with van der Waals surface area (Å²) in [5, 5.41) is 2.79. The van der Waals surface area contributed by atoms with E-state index in [2.05, 4.69) is 10.3 Å². The first-order chi connectivity index (χ1) is 9.27. The zero-order chi connectivity index (χ0) is 14.9. The molecule has 0 aliphatic carbocycles. The third kappa shape index (κ3) is 3.20. The van der Waals surface area contributed by atoms with Gasteiger partial charge in [-0.3, -0.25) is 9.78 Å². The van der Waals surface area contributed by atoms with Gasteiger partial charge in [0.25, 0.3) is 0 Å². The highest BCUT2D eigenvalue weighted by atomic mass is 19.4. The van der Waals surface area contributed by atoms with Gasteiger partial charge in [0.15, 0.2) is 0 Å². The molecular formula is C13H16F3N3O. The Hall–Kier alpha value is -1.79. The van der Waals surface area contributed by atoms with Crippen molar-refractivity contribution in [2.75, 3.05) is 18.0 Å². The summed E-state index contributed by atoms with van der Waals surface area (Å²) >= 11 is 0. The van der Waals surface area contributed by atoms with E-state index in [0.29, 0.717) is 18.8 Å². The van der Waals surface area contributed by atoms with Crippen molar-refractivity contribution in [2.45, 2.75) is 26.1 Å². The number of carbonyl (C=O) groups is 1. The largest absolute Gasteiger partial charge is 0.433 e. The highest BCUT2D eigenvalue weighted by Gasteiger charge is 2.36. The topological polar surface area (TPSA) is 45.2 Å². The number of amides is 1. The van der Waals surface area contributed by atoms with E-state index in [-0.39, 0.29) is 17.9 Å². The molecule has 1 saturated heterocycles. The number of rotatable bonds is 3. The summed E-state index contributed by atoms with van der Waals surface area (Å²) in [5.74, 6) is -0.221. The number of alkyl halides is 3. The Morgan fingerprint density at radius 3 is 2.65 bits per heavy atom. The zero-order valence-electron chi connectivity index (χ0n) is 11.2. The molecule has 0 saturated carbocycles. The molecule has 110 valence electrons. The number of hydrogen-bond donors (Lipinski definition) is 1. The molecule has 1 aromatic rings. The van der Waals surface area contributed by atoms with Crippen molar-refractivity contribution in [1.29, 1.82) is 0 Å². The van der Waals surface area contributed by atoms with Crippen molar-refractivity contribution in [1.82, 2.24) is 10.3 Å². The van der Waals surface area contributed by atoms with Crippen LogP contribution in [0.1, 0.15) is 19.5 Å². The van der Waals surface area contributed by atoms with Gasteiger partial charge in [-0.1, -0.05) is 0 Å². The molecule has 1 fully saturated rings. The number of carbonyl (C=O) groups excluding carboxylic acids is 1. The SMILES string of the molecule is CC(C)NC(=O)C1CN(c2ccnc(C(F)(F)F)c2)C1. The Balaban J connectivity index is 1.98. The van der Waals surface area contributed by atoms with Gasteiger partial charge in [0, 0.05) is 31.0 Å². The number of nitrogens with one attached hydrogen (secondary N) is 1. The van der Waals surface area contributed by atoms with Crippen molar-refractivity contribution < 1.29 is 18.0 Å². The van der Waals surface area contributed by atoms with Gasteiger partial charge < -0.3 is 10.2 Å². The van der Waals surface area contributed by atoms with Crippen molar-refractivity contribution in [3.63, 3.8) is 0 Å². The molecule has 2 rings (SSSR count). The van der Waals surface area contributed by atoms with Gasteiger partial charge in [-0.2, -0.15) is 13.2 Å². The van der Waals surface area contributed by atoms with E-state index in [4.69, 9.17) is 0 Å². The number of pyridine rings is 1. The third-order valence-corrected chi connectivity index (χ3v) is 3.08. The second kappa shape index (κ2) is 5.30. The van der Waals surface area contributed by atoms with E-state index in [1.807, 2.05) is 13.8 Å². The molecule has 1 N–H and O–H groups in total. The van der Waals surface area contributed by atoms with Crippen LogP contribution in [0.3, 0.4) is 0 Å². The summed E-state index contributed by atoms with van der Waals surface area (Å²) in [4.78, 5) is 16.8. The minimum Gasteiger partial charge on any atom is -0.370 e. The molecule has 0 radical (unpaired) electrons. The Morgan fingerprint density at radius 1 is 1.45 bits per heavy atom. The van der Waals surface area contributed by atoms with Gasteiger partial charge in [-0.15, -0.1) is 0 Å². The van der Waals surface area contributed by atoms with Crippen molar-refractivity contribution in [2.24, 2.45) is 5.92 Å². The van der Waals surface area contributed by atoms with E-state index < -0.39 is 11.9 Å². The van der Waals surface area contributed by atoms with Crippen LogP contribution in [0.5, 0.6) is 0 Å². The Kier molecular flexibility index (Phi) is 3.87. The fourth-order valence-electron chi connectivity index (χ4n) is 2.03. The standard InChI is InChI=1S/C13H16F3N3O/c1-8(2)18-12(20)9-6-19(7-9)10-3-4-17-11(5-10)13(14,15)16/h3-5,8-9H,6-7H2,1-2H3,(H,18,20). The maximum Gasteiger partial charge on any atom is 0.433 e. The molecule has 1 aromatic heterocycles. The van der Waals surface area contributed by atoms with Gasteiger partial charge in [0.2, 0.25) is 5.91 Å². The molecule has 7 heteroatoms. The van der Waals surface area contributed by atoms with Gasteiger partial charge >= 0.3 is 6.18 Å². The third-order valence-electron chi connectivity index (χ3n) is 3.08. The average Bonchev–Trinajstić information content (AvgIpc) is 2.25. The van der Waals surface area contributed by atoms with Crippen LogP contribution in [0.15, 0.2) is 18.3 Å². The lowest BCUT2D eigenvalue weighted by Crippen LogP contribution is -2.54. The van der Waals surface area contributed by atoms with E-state index in [0.717, 1.165) is 12.3 Å². The maximum atomic E-state index is 12.6. The van der Waals surface area contributed by atoms with Gasteiger partial charge in [0.1, 0.15) is 5.69 Å². The van der Waals surface area contributed by atoms with Crippen LogP contribution >= 0.6 is 0 Å². The monoisotopic (exact) mass is 287 g/mol. The molecule has 0 spiro atoms. The molecule has 0 aromatic carbocycles. The summed E-state index contributed by atoms with van der Waals surface area (Å²) in [7, 11) is 0. The summed E-state index contributed by atoms with van der Waals surface area (Å²) in [6.45, 7) is 4.60. The molecule has 1 aliphatic rings. The number of halogens is 3. The van der Waals surface area contributed by atoms with Gasteiger partial charge in [0.05, 0.1) is 5.92 Å². The Bertz CT molecular complexity index is 496. The molecule has 0 unspecified atom stereocenters. The van der Waals surface area contributed by atoms with Crippen LogP contribution in [0, 0.1) is 5.92 Å². The summed E-state index contributed by atoms with van der Waals surface area (Å²) < 4.78 is 37.7. The van der Waals surface area contributed by atoms with Crippen molar-refractivity contribution in [3.05, 3.63) is 24.0 Å². The minimum atomic E-state index is -4.45. The number of nitrogens with zero attached hydrogens (tertiary/aromatic N) is 2. The first-order valence-electron chi connectivity index (χ1n) is 6.36. The molecule has 1 amide bonds. The molecule has 0 bridgehead atoms.